The maximum atomic E-state index is 12.3. The van der Waals surface area contributed by atoms with Gasteiger partial charge in [-0.2, -0.15) is 0 Å². The van der Waals surface area contributed by atoms with Gasteiger partial charge in [0.25, 0.3) is 0 Å². The molecule has 1 heterocycles. The average Bonchev–Trinajstić information content (AvgIpc) is 3.02. The number of ether oxygens (including phenoxy) is 2. The molecule has 2 aromatic carbocycles. The van der Waals surface area contributed by atoms with Crippen molar-refractivity contribution in [2.75, 3.05) is 14.2 Å². The molecule has 0 saturated heterocycles. The molecule has 0 aliphatic heterocycles. The molecule has 0 amide bonds. The number of aromatic nitrogens is 2. The first-order valence-corrected chi connectivity index (χ1v) is 7.51. The van der Waals surface area contributed by atoms with Gasteiger partial charge in [0.1, 0.15) is 0 Å². The number of carbonyl (C=O) groups is 1. The average molecular weight is 322 g/mol. The van der Waals surface area contributed by atoms with E-state index in [9.17, 15) is 4.79 Å². The van der Waals surface area contributed by atoms with Crippen molar-refractivity contribution in [3.05, 3.63) is 59.4 Å². The fraction of sp³-hybridized carbons (Fsp3) is 0.158. The Bertz CT molecular complexity index is 926. The Morgan fingerprint density at radius 1 is 1.08 bits per heavy atom. The number of allylic oxidation sites excluding steroid dienone is 1. The molecule has 0 aliphatic rings. The van der Waals surface area contributed by atoms with Crippen molar-refractivity contribution in [3.63, 3.8) is 0 Å². The number of rotatable bonds is 5. The van der Waals surface area contributed by atoms with E-state index in [1.165, 1.54) is 6.08 Å². The van der Waals surface area contributed by atoms with Gasteiger partial charge in [0, 0.05) is 0 Å². The molecule has 0 aliphatic carbocycles. The summed E-state index contributed by atoms with van der Waals surface area (Å²) in [5, 5.41) is 0. The topological polar surface area (TPSA) is 64.2 Å². The zero-order chi connectivity index (χ0) is 17.1. The molecule has 0 saturated carbocycles. The first-order chi connectivity index (χ1) is 11.6. The van der Waals surface area contributed by atoms with Gasteiger partial charge < -0.3 is 14.5 Å². The Kier molecular flexibility index (Phi) is 4.33. The van der Waals surface area contributed by atoms with Crippen LogP contribution in [0.3, 0.4) is 0 Å². The van der Waals surface area contributed by atoms with Gasteiger partial charge in [-0.25, -0.2) is 4.98 Å². The lowest BCUT2D eigenvalue weighted by molar-refractivity contribution is 0.103. The Morgan fingerprint density at radius 3 is 2.62 bits per heavy atom. The molecule has 122 valence electrons. The number of ketones is 1. The molecule has 0 radical (unpaired) electrons. The van der Waals surface area contributed by atoms with Gasteiger partial charge in [0.05, 0.1) is 25.3 Å². The van der Waals surface area contributed by atoms with Gasteiger partial charge in [-0.1, -0.05) is 18.2 Å². The Hall–Kier alpha value is -3.08. The van der Waals surface area contributed by atoms with Crippen LogP contribution in [0.25, 0.3) is 17.1 Å². The minimum Gasteiger partial charge on any atom is -0.493 e. The number of nitrogens with one attached hydrogen (secondary N) is 1. The van der Waals surface area contributed by atoms with E-state index < -0.39 is 0 Å². The first-order valence-electron chi connectivity index (χ1n) is 7.51. The molecule has 1 N–H and O–H groups in total. The van der Waals surface area contributed by atoms with E-state index in [2.05, 4.69) is 9.97 Å². The van der Waals surface area contributed by atoms with E-state index >= 15 is 0 Å². The SMILES string of the molecule is COc1ccc(C=CC(=O)c2nc3ccc(C)cc3[nH]2)cc1OC. The largest absolute Gasteiger partial charge is 0.493 e. The third kappa shape index (κ3) is 3.15. The summed E-state index contributed by atoms with van der Waals surface area (Å²) in [7, 11) is 3.16. The predicted molar refractivity (Wildman–Crippen MR) is 93.7 cm³/mol. The standard InChI is InChI=1S/C19H18N2O3/c1-12-4-7-14-15(10-12)21-19(20-14)16(22)8-5-13-6-9-17(23-2)18(11-13)24-3/h4-11H,1-3H3,(H,20,21). The van der Waals surface area contributed by atoms with E-state index in [0.717, 1.165) is 22.2 Å². The lowest BCUT2D eigenvalue weighted by Crippen LogP contribution is -1.96. The van der Waals surface area contributed by atoms with Crippen LogP contribution in [0, 0.1) is 6.92 Å². The fourth-order valence-electron chi connectivity index (χ4n) is 2.45. The van der Waals surface area contributed by atoms with E-state index in [-0.39, 0.29) is 5.78 Å². The van der Waals surface area contributed by atoms with Crippen LogP contribution in [0.2, 0.25) is 0 Å². The molecule has 0 bridgehead atoms. The summed E-state index contributed by atoms with van der Waals surface area (Å²) in [6.07, 6.45) is 3.22. The molecule has 3 rings (SSSR count). The summed E-state index contributed by atoms with van der Waals surface area (Å²) < 4.78 is 10.5. The summed E-state index contributed by atoms with van der Waals surface area (Å²) in [5.41, 5.74) is 3.60. The maximum absolute atomic E-state index is 12.3. The molecule has 0 unspecified atom stereocenters. The highest BCUT2D eigenvalue weighted by molar-refractivity contribution is 6.05. The molecule has 0 fully saturated rings. The van der Waals surface area contributed by atoms with E-state index in [1.807, 2.05) is 37.3 Å². The van der Waals surface area contributed by atoms with Gasteiger partial charge in [-0.3, -0.25) is 4.79 Å². The van der Waals surface area contributed by atoms with Crippen molar-refractivity contribution >= 4 is 22.9 Å². The van der Waals surface area contributed by atoms with E-state index in [1.54, 1.807) is 26.4 Å². The van der Waals surface area contributed by atoms with Crippen LogP contribution >= 0.6 is 0 Å². The summed E-state index contributed by atoms with van der Waals surface area (Å²) in [6, 6.07) is 11.3. The number of nitrogens with zero attached hydrogens (tertiary/aromatic N) is 1. The second-order valence-corrected chi connectivity index (χ2v) is 5.42. The van der Waals surface area contributed by atoms with Crippen LogP contribution in [0.1, 0.15) is 21.7 Å². The van der Waals surface area contributed by atoms with Crippen LogP contribution in [-0.4, -0.2) is 30.0 Å². The van der Waals surface area contributed by atoms with Crippen LogP contribution in [0.15, 0.2) is 42.5 Å². The molecule has 3 aromatic rings. The van der Waals surface area contributed by atoms with Gasteiger partial charge in [0.2, 0.25) is 5.78 Å². The molecule has 1 aromatic heterocycles. The number of aromatic amines is 1. The highest BCUT2D eigenvalue weighted by Crippen LogP contribution is 2.28. The van der Waals surface area contributed by atoms with E-state index in [4.69, 9.17) is 9.47 Å². The number of aryl methyl sites for hydroxylation is 1. The van der Waals surface area contributed by atoms with Crippen molar-refractivity contribution < 1.29 is 14.3 Å². The quantitative estimate of drug-likeness (QED) is 0.573. The second-order valence-electron chi connectivity index (χ2n) is 5.42. The number of carbonyl (C=O) groups excluding carboxylic acids is 1. The van der Waals surface area contributed by atoms with Gasteiger partial charge in [0.15, 0.2) is 17.3 Å². The Morgan fingerprint density at radius 2 is 1.88 bits per heavy atom. The smallest absolute Gasteiger partial charge is 0.221 e. The molecule has 0 spiro atoms. The van der Waals surface area contributed by atoms with Crippen LogP contribution < -0.4 is 9.47 Å². The summed E-state index contributed by atoms with van der Waals surface area (Å²) in [5.74, 6) is 1.41. The van der Waals surface area contributed by atoms with Crippen molar-refractivity contribution in [1.29, 1.82) is 0 Å². The zero-order valence-electron chi connectivity index (χ0n) is 13.8. The monoisotopic (exact) mass is 322 g/mol. The van der Waals surface area contributed by atoms with Crippen LogP contribution in [0.4, 0.5) is 0 Å². The minimum atomic E-state index is -0.182. The van der Waals surface area contributed by atoms with Crippen molar-refractivity contribution in [2.24, 2.45) is 0 Å². The number of hydrogen-bond acceptors (Lipinski definition) is 4. The van der Waals surface area contributed by atoms with Crippen molar-refractivity contribution in [1.82, 2.24) is 9.97 Å². The van der Waals surface area contributed by atoms with E-state index in [0.29, 0.717) is 17.3 Å². The van der Waals surface area contributed by atoms with Crippen molar-refractivity contribution in [3.8, 4) is 11.5 Å². The molecule has 5 nitrogen and oxygen atoms in total. The van der Waals surface area contributed by atoms with Crippen molar-refractivity contribution in [2.45, 2.75) is 6.92 Å². The fourth-order valence-corrected chi connectivity index (χ4v) is 2.45. The van der Waals surface area contributed by atoms with Gasteiger partial charge in [-0.15, -0.1) is 0 Å². The molecular formula is C19H18N2O3. The van der Waals surface area contributed by atoms with Crippen LogP contribution in [-0.2, 0) is 0 Å². The number of fused-ring (bicyclic) bond motifs is 1. The van der Waals surface area contributed by atoms with Gasteiger partial charge >= 0.3 is 0 Å². The summed E-state index contributed by atoms with van der Waals surface area (Å²) in [4.78, 5) is 19.7. The number of benzene rings is 2. The lowest BCUT2D eigenvalue weighted by Gasteiger charge is -2.07. The van der Waals surface area contributed by atoms with Gasteiger partial charge in [-0.05, 0) is 48.4 Å². The number of methoxy groups -OCH3 is 2. The molecule has 24 heavy (non-hydrogen) atoms. The lowest BCUT2D eigenvalue weighted by atomic mass is 10.1. The minimum absolute atomic E-state index is 0.182. The second kappa shape index (κ2) is 6.58. The third-order valence-electron chi connectivity index (χ3n) is 3.71. The number of hydrogen-bond donors (Lipinski definition) is 1. The highest BCUT2D eigenvalue weighted by Gasteiger charge is 2.09. The first kappa shape index (κ1) is 15.8. The Labute approximate surface area is 139 Å². The normalized spacial score (nSPS) is 11.1. The number of imidazole rings is 1. The Balaban J connectivity index is 1.83. The molecule has 5 heteroatoms. The molecule has 0 atom stereocenters. The summed E-state index contributed by atoms with van der Waals surface area (Å²) >= 11 is 0. The zero-order valence-corrected chi connectivity index (χ0v) is 13.8. The molecular weight excluding hydrogens is 304 g/mol. The van der Waals surface area contributed by atoms with Crippen LogP contribution in [0.5, 0.6) is 11.5 Å². The predicted octanol–water partition coefficient (Wildman–Crippen LogP) is 3.78. The maximum Gasteiger partial charge on any atom is 0.221 e. The summed E-state index contributed by atoms with van der Waals surface area (Å²) in [6.45, 7) is 2.00. The third-order valence-corrected chi connectivity index (χ3v) is 3.71. The number of H-pyrrole nitrogens is 1. The highest BCUT2D eigenvalue weighted by atomic mass is 16.5.